The molecule has 11 aromatic rings. The second-order valence-electron chi connectivity index (χ2n) is 17.0. The van der Waals surface area contributed by atoms with Crippen LogP contribution in [-0.2, 0) is 0 Å². The van der Waals surface area contributed by atoms with Gasteiger partial charge >= 0.3 is 0 Å². The van der Waals surface area contributed by atoms with Crippen LogP contribution in [0.4, 0.5) is 17.1 Å². The van der Waals surface area contributed by atoms with Crippen LogP contribution in [-0.4, -0.2) is 29.1 Å². The van der Waals surface area contributed by atoms with E-state index in [-0.39, 0.29) is 20.1 Å². The van der Waals surface area contributed by atoms with Crippen molar-refractivity contribution in [3.63, 3.8) is 0 Å². The zero-order valence-corrected chi connectivity index (χ0v) is 28.6. The highest BCUT2D eigenvalue weighted by atomic mass is 15.2. The molecular formula is C48H20B3N3. The Morgan fingerprint density at radius 1 is 0.352 bits per heavy atom. The summed E-state index contributed by atoms with van der Waals surface area (Å²) in [6.07, 6.45) is 0. The molecule has 0 aliphatic carbocycles. The number of hydrogen-bond acceptors (Lipinski definition) is 1. The first kappa shape index (κ1) is 24.6. The van der Waals surface area contributed by atoms with Crippen LogP contribution >= 0.6 is 0 Å². The molecule has 0 spiro atoms. The molecule has 3 aromatic heterocycles. The van der Waals surface area contributed by atoms with Gasteiger partial charge in [0.05, 0.1) is 27.6 Å². The van der Waals surface area contributed by atoms with Crippen LogP contribution in [0.3, 0.4) is 0 Å². The lowest BCUT2D eigenvalue weighted by Gasteiger charge is -2.50. The Bertz CT molecular complexity index is 3890. The summed E-state index contributed by atoms with van der Waals surface area (Å²) in [6.45, 7) is 0.568. The van der Waals surface area contributed by atoms with Gasteiger partial charge in [0.15, 0.2) is 0 Å². The number of anilines is 3. The molecule has 7 aliphatic heterocycles. The second kappa shape index (κ2) is 7.17. The van der Waals surface area contributed by atoms with E-state index in [1.165, 1.54) is 154 Å². The second-order valence-corrected chi connectivity index (χ2v) is 17.0. The van der Waals surface area contributed by atoms with Crippen molar-refractivity contribution in [1.29, 1.82) is 0 Å². The van der Waals surface area contributed by atoms with Crippen LogP contribution in [0.15, 0.2) is 121 Å². The molecule has 0 amide bonds. The van der Waals surface area contributed by atoms with Crippen LogP contribution in [0.2, 0.25) is 0 Å². The first-order valence-electron chi connectivity index (χ1n) is 19.5. The Morgan fingerprint density at radius 3 is 1.81 bits per heavy atom. The fourth-order valence-corrected chi connectivity index (χ4v) is 13.8. The molecule has 0 fully saturated rings. The smallest absolute Gasteiger partial charge is 0.257 e. The van der Waals surface area contributed by atoms with Gasteiger partial charge in [0.1, 0.15) is 0 Å². The third-order valence-electron chi connectivity index (χ3n) is 15.3. The van der Waals surface area contributed by atoms with E-state index >= 15 is 0 Å². The normalized spacial score (nSPS) is 15.6. The molecule has 3 nitrogen and oxygen atoms in total. The zero-order chi connectivity index (χ0) is 33.8. The predicted molar refractivity (Wildman–Crippen MR) is 229 cm³/mol. The summed E-state index contributed by atoms with van der Waals surface area (Å²) in [5, 5.41) is 8.33. The van der Waals surface area contributed by atoms with E-state index in [2.05, 4.69) is 135 Å². The quantitative estimate of drug-likeness (QED) is 0.217. The van der Waals surface area contributed by atoms with E-state index in [0.29, 0.717) is 0 Å². The molecule has 8 aromatic carbocycles. The summed E-state index contributed by atoms with van der Waals surface area (Å²) >= 11 is 0. The first-order chi connectivity index (χ1) is 26.9. The molecule has 236 valence electrons. The highest BCUT2D eigenvalue weighted by molar-refractivity contribution is 7.10. The summed E-state index contributed by atoms with van der Waals surface area (Å²) in [7, 11) is 0. The van der Waals surface area contributed by atoms with Gasteiger partial charge in [-0.3, -0.25) is 0 Å². The molecule has 18 rings (SSSR count). The SMILES string of the molecule is c1ccc2c(c1)B1c3ccc4c5c3N3c6c1c-2cc1c6B(c2ccccc2-1)c1cc2c6cccc7c8cc9c%10ccccc%10n-4c9c4c8n(c2c(c13)B54)c67. The molecule has 7 aliphatic rings. The van der Waals surface area contributed by atoms with Gasteiger partial charge in [-0.15, -0.1) is 0 Å². The van der Waals surface area contributed by atoms with Gasteiger partial charge in [-0.05, 0) is 84.8 Å². The number of rotatable bonds is 0. The number of benzene rings is 8. The molecule has 0 bridgehead atoms. The molecule has 0 unspecified atom stereocenters. The highest BCUT2D eigenvalue weighted by Gasteiger charge is 2.57. The molecule has 0 radical (unpaired) electrons. The number of para-hydroxylation sites is 2. The van der Waals surface area contributed by atoms with Crippen molar-refractivity contribution < 1.29 is 0 Å². The molecule has 0 saturated carbocycles. The average Bonchev–Trinajstić information content (AvgIpc) is 4.01. The van der Waals surface area contributed by atoms with Gasteiger partial charge in [0.25, 0.3) is 6.71 Å². The Kier molecular flexibility index (Phi) is 3.26. The van der Waals surface area contributed by atoms with E-state index in [0.717, 1.165) is 0 Å². The van der Waals surface area contributed by atoms with Gasteiger partial charge in [-0.1, -0.05) is 108 Å². The van der Waals surface area contributed by atoms with E-state index in [1.807, 2.05) is 0 Å². The van der Waals surface area contributed by atoms with Gasteiger partial charge in [-0.25, -0.2) is 0 Å². The molecule has 0 atom stereocenters. The zero-order valence-electron chi connectivity index (χ0n) is 28.6. The average molecular weight is 671 g/mol. The van der Waals surface area contributed by atoms with Crippen LogP contribution in [0.25, 0.3) is 87.8 Å². The minimum atomic E-state index is 0.155. The first-order valence-corrected chi connectivity index (χ1v) is 19.5. The van der Waals surface area contributed by atoms with Crippen LogP contribution in [0.1, 0.15) is 0 Å². The summed E-state index contributed by atoms with van der Waals surface area (Å²) < 4.78 is 5.38. The van der Waals surface area contributed by atoms with E-state index in [9.17, 15) is 0 Å². The molecule has 0 saturated heterocycles. The van der Waals surface area contributed by atoms with Crippen molar-refractivity contribution in [2.24, 2.45) is 0 Å². The number of fused-ring (bicyclic) bond motifs is 14. The fourth-order valence-electron chi connectivity index (χ4n) is 13.8. The fraction of sp³-hybridized carbons (Fsp3) is 0. The predicted octanol–water partition coefficient (Wildman–Crippen LogP) is 4.48. The Labute approximate surface area is 308 Å². The van der Waals surface area contributed by atoms with Crippen molar-refractivity contribution in [2.75, 3.05) is 4.90 Å². The standard InChI is InChI=1S/C48H20B3N3/c1-4-13-31-21(8-1)26-18-27-22-9-2-5-14-32(22)50-34-20-30-25-12-7-11-24-29-19-28-23-10-3-6-15-35(23)52-36-17-16-33-46-39(36)51-40(43(28)52)44(29)53(42(24)25)45(30)41(51)47(34)54(46)48(38(27)50)37(26)49(31)33/h1-20H. The third-order valence-corrected chi connectivity index (χ3v) is 15.3. The molecule has 54 heavy (non-hydrogen) atoms. The molecular weight excluding hydrogens is 651 g/mol. The number of nitrogens with zero attached hydrogens (tertiary/aromatic N) is 3. The van der Waals surface area contributed by atoms with Gasteiger partial charge in [0.2, 0.25) is 13.4 Å². The van der Waals surface area contributed by atoms with Crippen LogP contribution in [0.5, 0.6) is 0 Å². The Hall–Kier alpha value is -6.65. The molecule has 0 N–H and O–H groups in total. The largest absolute Gasteiger partial charge is 0.313 e. The summed E-state index contributed by atoms with van der Waals surface area (Å²) in [5.74, 6) is 0. The van der Waals surface area contributed by atoms with E-state index in [1.54, 1.807) is 0 Å². The van der Waals surface area contributed by atoms with Crippen molar-refractivity contribution in [3.8, 4) is 27.9 Å². The monoisotopic (exact) mass is 671 g/mol. The maximum atomic E-state index is 2.83. The number of aromatic nitrogens is 2. The number of hydrogen-bond donors (Lipinski definition) is 0. The van der Waals surface area contributed by atoms with Gasteiger partial charge in [0, 0.05) is 55.1 Å². The lowest BCUT2D eigenvalue weighted by molar-refractivity contribution is 1.18. The summed E-state index contributed by atoms with van der Waals surface area (Å²) in [4.78, 5) is 2.83. The Morgan fingerprint density at radius 2 is 1.00 bits per heavy atom. The van der Waals surface area contributed by atoms with Gasteiger partial charge < -0.3 is 13.9 Å². The van der Waals surface area contributed by atoms with Crippen LogP contribution < -0.4 is 54.1 Å². The summed E-state index contributed by atoms with van der Waals surface area (Å²) in [6, 6.07) is 47.7. The maximum Gasteiger partial charge on any atom is 0.257 e. The maximum absolute atomic E-state index is 2.83. The van der Waals surface area contributed by atoms with Crippen LogP contribution in [0, 0.1) is 0 Å². The van der Waals surface area contributed by atoms with Crippen molar-refractivity contribution in [3.05, 3.63) is 121 Å². The van der Waals surface area contributed by atoms with Gasteiger partial charge in [-0.2, -0.15) is 0 Å². The summed E-state index contributed by atoms with van der Waals surface area (Å²) in [5.41, 5.74) is 31.8. The minimum Gasteiger partial charge on any atom is -0.313 e. The van der Waals surface area contributed by atoms with E-state index in [4.69, 9.17) is 0 Å². The third kappa shape index (κ3) is 2.04. The highest BCUT2D eigenvalue weighted by Crippen LogP contribution is 2.52. The minimum absolute atomic E-state index is 0.155. The molecule has 10 heterocycles. The lowest BCUT2D eigenvalue weighted by atomic mass is 9.26. The van der Waals surface area contributed by atoms with Crippen molar-refractivity contribution in [1.82, 2.24) is 8.97 Å². The Balaban J connectivity index is 1.18. The molecule has 6 heteroatoms. The van der Waals surface area contributed by atoms with Crippen molar-refractivity contribution in [2.45, 2.75) is 0 Å². The van der Waals surface area contributed by atoms with E-state index < -0.39 is 0 Å². The lowest BCUT2D eigenvalue weighted by Crippen LogP contribution is -2.71. The van der Waals surface area contributed by atoms with Crippen molar-refractivity contribution >= 4 is 146 Å². The topological polar surface area (TPSA) is 12.6 Å².